The van der Waals surface area contributed by atoms with E-state index in [1.165, 1.54) is 48.5 Å². The number of fused-ring (bicyclic) bond motifs is 3. The molecule has 3 aliphatic heterocycles. The Morgan fingerprint density at radius 2 is 1.94 bits per heavy atom. The molecule has 2 bridgehead atoms. The molecule has 2 N–H and O–H groups in total. The van der Waals surface area contributed by atoms with Crippen LogP contribution in [0.5, 0.6) is 0 Å². The van der Waals surface area contributed by atoms with Crippen LogP contribution >= 0.6 is 0 Å². The first-order valence-corrected chi connectivity index (χ1v) is 11.9. The molecule has 3 atom stereocenters. The molecule has 6 nitrogen and oxygen atoms in total. The minimum absolute atomic E-state index is 0.0466. The van der Waals surface area contributed by atoms with Gasteiger partial charge in [-0.2, -0.15) is 0 Å². The third-order valence-electron chi connectivity index (χ3n) is 7.58. The van der Waals surface area contributed by atoms with Gasteiger partial charge in [0.25, 0.3) is 0 Å². The number of hydrogen-bond acceptors (Lipinski definition) is 4. The van der Waals surface area contributed by atoms with Crippen molar-refractivity contribution in [3.63, 3.8) is 0 Å². The summed E-state index contributed by atoms with van der Waals surface area (Å²) in [5, 5.41) is 6.64. The lowest BCUT2D eigenvalue weighted by Crippen LogP contribution is -2.45. The van der Waals surface area contributed by atoms with Crippen molar-refractivity contribution in [3.8, 4) is 0 Å². The van der Waals surface area contributed by atoms with Gasteiger partial charge in [0.15, 0.2) is 0 Å². The van der Waals surface area contributed by atoms with Gasteiger partial charge in [0.2, 0.25) is 5.91 Å². The van der Waals surface area contributed by atoms with Crippen molar-refractivity contribution in [2.45, 2.75) is 83.1 Å². The van der Waals surface area contributed by atoms with Crippen LogP contribution in [-0.4, -0.2) is 45.5 Å². The molecule has 6 heteroatoms. The average molecular weight is 422 g/mol. The lowest BCUT2D eigenvalue weighted by atomic mass is 9.95. The maximum atomic E-state index is 11.8. The zero-order valence-corrected chi connectivity index (χ0v) is 18.8. The van der Waals surface area contributed by atoms with E-state index >= 15 is 0 Å². The van der Waals surface area contributed by atoms with Gasteiger partial charge in [-0.05, 0) is 44.6 Å². The summed E-state index contributed by atoms with van der Waals surface area (Å²) < 4.78 is 2.59. The normalized spacial score (nSPS) is 26.5. The van der Waals surface area contributed by atoms with Crippen LogP contribution in [0.1, 0.15) is 73.9 Å². The Labute approximate surface area is 185 Å². The van der Waals surface area contributed by atoms with E-state index in [-0.39, 0.29) is 11.9 Å². The standard InChI is InChI=1S/C25H35N5O/c1-17-27-24-16-26-12-10-25(24)30(17)22-14-20-8-9-21(15-22)29(20)13-11-23(28-18(2)31)19-6-4-3-5-7-19/h3-7,20-23,26H,8-16H2,1-2H3,(H,28,31)/t20?,21?,22?,23-/m0/s1. The fraction of sp³-hybridized carbons (Fsp3) is 0.600. The highest BCUT2D eigenvalue weighted by Gasteiger charge is 2.42. The molecule has 2 aromatic rings. The van der Waals surface area contributed by atoms with E-state index in [1.54, 1.807) is 6.92 Å². The zero-order valence-electron chi connectivity index (χ0n) is 18.8. The molecule has 1 aromatic carbocycles. The molecule has 5 rings (SSSR count). The quantitative estimate of drug-likeness (QED) is 0.752. The van der Waals surface area contributed by atoms with Gasteiger partial charge in [-0.3, -0.25) is 9.69 Å². The first-order valence-electron chi connectivity index (χ1n) is 11.9. The summed E-state index contributed by atoms with van der Waals surface area (Å²) in [5.74, 6) is 1.24. The first-order chi connectivity index (χ1) is 15.1. The van der Waals surface area contributed by atoms with Gasteiger partial charge in [-0.15, -0.1) is 0 Å². The zero-order chi connectivity index (χ0) is 21.4. The highest BCUT2D eigenvalue weighted by Crippen LogP contribution is 2.42. The number of amides is 1. The van der Waals surface area contributed by atoms with Crippen molar-refractivity contribution in [1.82, 2.24) is 25.1 Å². The number of piperidine rings is 1. The summed E-state index contributed by atoms with van der Waals surface area (Å²) in [4.78, 5) is 19.4. The molecule has 0 aliphatic carbocycles. The van der Waals surface area contributed by atoms with Gasteiger partial charge in [-0.25, -0.2) is 4.98 Å². The molecule has 2 saturated heterocycles. The number of hydrogen-bond donors (Lipinski definition) is 2. The van der Waals surface area contributed by atoms with E-state index in [1.807, 2.05) is 6.07 Å². The Morgan fingerprint density at radius 1 is 1.19 bits per heavy atom. The number of imidazole rings is 1. The molecular weight excluding hydrogens is 386 g/mol. The van der Waals surface area contributed by atoms with Crippen LogP contribution in [0.4, 0.5) is 0 Å². The van der Waals surface area contributed by atoms with E-state index in [0.29, 0.717) is 18.1 Å². The maximum Gasteiger partial charge on any atom is 0.217 e. The van der Waals surface area contributed by atoms with Gasteiger partial charge in [-0.1, -0.05) is 30.3 Å². The van der Waals surface area contributed by atoms with Crippen LogP contribution in [0, 0.1) is 6.92 Å². The molecule has 0 spiro atoms. The summed E-state index contributed by atoms with van der Waals surface area (Å²) in [7, 11) is 0. The molecule has 166 valence electrons. The summed E-state index contributed by atoms with van der Waals surface area (Å²) >= 11 is 0. The third-order valence-corrected chi connectivity index (χ3v) is 7.58. The highest BCUT2D eigenvalue weighted by molar-refractivity contribution is 5.73. The number of carbonyl (C=O) groups excluding carboxylic acids is 1. The molecule has 2 unspecified atom stereocenters. The molecule has 31 heavy (non-hydrogen) atoms. The summed E-state index contributed by atoms with van der Waals surface area (Å²) in [6.07, 6.45) is 7.12. The smallest absolute Gasteiger partial charge is 0.217 e. The number of aryl methyl sites for hydroxylation is 1. The molecule has 3 aliphatic rings. The SMILES string of the molecule is CC(=O)N[C@@H](CCN1C2CCC1CC(n1c(C)nc3c1CCNC3)C2)c1ccccc1. The Balaban J connectivity index is 1.27. The van der Waals surface area contributed by atoms with E-state index in [4.69, 9.17) is 4.98 Å². The van der Waals surface area contributed by atoms with Gasteiger partial charge >= 0.3 is 0 Å². The second kappa shape index (κ2) is 8.75. The van der Waals surface area contributed by atoms with E-state index in [0.717, 1.165) is 32.5 Å². The molecule has 0 radical (unpaired) electrons. The second-order valence-electron chi connectivity index (χ2n) is 9.55. The van der Waals surface area contributed by atoms with Crippen LogP contribution in [0.2, 0.25) is 0 Å². The fourth-order valence-electron chi connectivity index (χ4n) is 6.30. The molecule has 4 heterocycles. The number of aromatic nitrogens is 2. The van der Waals surface area contributed by atoms with Crippen molar-refractivity contribution in [2.75, 3.05) is 13.1 Å². The summed E-state index contributed by atoms with van der Waals surface area (Å²) in [5.41, 5.74) is 3.94. The monoisotopic (exact) mass is 421 g/mol. The molecule has 1 aromatic heterocycles. The molecule has 0 saturated carbocycles. The third kappa shape index (κ3) is 4.15. The minimum atomic E-state index is 0.0466. The average Bonchev–Trinajstić information content (AvgIpc) is 3.22. The van der Waals surface area contributed by atoms with Crippen LogP contribution in [0.3, 0.4) is 0 Å². The number of nitrogens with zero attached hydrogens (tertiary/aromatic N) is 3. The van der Waals surface area contributed by atoms with Crippen molar-refractivity contribution >= 4 is 5.91 Å². The Bertz CT molecular complexity index is 909. The lowest BCUT2D eigenvalue weighted by molar-refractivity contribution is -0.119. The number of rotatable bonds is 6. The molecule has 1 amide bonds. The molecular formula is C25H35N5O. The van der Waals surface area contributed by atoms with E-state index < -0.39 is 0 Å². The first kappa shape index (κ1) is 20.7. The van der Waals surface area contributed by atoms with Crippen molar-refractivity contribution in [2.24, 2.45) is 0 Å². The van der Waals surface area contributed by atoms with E-state index in [2.05, 4.69) is 51.3 Å². The van der Waals surface area contributed by atoms with Gasteiger partial charge < -0.3 is 15.2 Å². The van der Waals surface area contributed by atoms with Gasteiger partial charge in [0.1, 0.15) is 5.82 Å². The molecule has 2 fully saturated rings. The Kier molecular flexibility index (Phi) is 5.85. The van der Waals surface area contributed by atoms with Crippen LogP contribution in [-0.2, 0) is 17.8 Å². The summed E-state index contributed by atoms with van der Waals surface area (Å²) in [6, 6.07) is 12.4. The van der Waals surface area contributed by atoms with Crippen LogP contribution < -0.4 is 10.6 Å². The van der Waals surface area contributed by atoms with E-state index in [9.17, 15) is 4.79 Å². The summed E-state index contributed by atoms with van der Waals surface area (Å²) in [6.45, 7) is 6.83. The van der Waals surface area contributed by atoms with Crippen molar-refractivity contribution in [1.29, 1.82) is 0 Å². The predicted octanol–water partition coefficient (Wildman–Crippen LogP) is 3.27. The predicted molar refractivity (Wildman–Crippen MR) is 122 cm³/mol. The Hall–Kier alpha value is -2.18. The largest absolute Gasteiger partial charge is 0.349 e. The van der Waals surface area contributed by atoms with Gasteiger partial charge in [0, 0.05) is 56.8 Å². The van der Waals surface area contributed by atoms with Crippen molar-refractivity contribution in [3.05, 3.63) is 53.1 Å². The highest BCUT2D eigenvalue weighted by atomic mass is 16.1. The van der Waals surface area contributed by atoms with Gasteiger partial charge in [0.05, 0.1) is 11.7 Å². The number of benzene rings is 1. The lowest BCUT2D eigenvalue weighted by Gasteiger charge is -2.41. The second-order valence-corrected chi connectivity index (χ2v) is 9.55. The topological polar surface area (TPSA) is 62.2 Å². The van der Waals surface area contributed by atoms with Crippen molar-refractivity contribution < 1.29 is 4.79 Å². The number of carbonyl (C=O) groups is 1. The minimum Gasteiger partial charge on any atom is -0.349 e. The maximum absolute atomic E-state index is 11.8. The fourth-order valence-corrected chi connectivity index (χ4v) is 6.30. The van der Waals surface area contributed by atoms with Crippen LogP contribution in [0.25, 0.3) is 0 Å². The van der Waals surface area contributed by atoms with Crippen LogP contribution in [0.15, 0.2) is 30.3 Å². The number of nitrogens with one attached hydrogen (secondary N) is 2. The Morgan fingerprint density at radius 3 is 2.65 bits per heavy atom.